The van der Waals surface area contributed by atoms with Crippen LogP contribution in [-0.4, -0.2) is 0 Å². The third-order valence-corrected chi connectivity index (χ3v) is 2.97. The molecular weight excluding hydrogens is 274 g/mol. The number of benzene rings is 2. The van der Waals surface area contributed by atoms with E-state index in [1.165, 1.54) is 6.07 Å². The van der Waals surface area contributed by atoms with Crippen LogP contribution in [0.2, 0.25) is 10.0 Å². The molecule has 0 aliphatic heterocycles. The molecule has 94 valence electrons. The molecule has 0 amide bonds. The maximum atomic E-state index is 13.6. The normalized spacial score (nSPS) is 10.4. The van der Waals surface area contributed by atoms with Crippen LogP contribution in [0.25, 0.3) is 0 Å². The number of nitrogens with two attached hydrogens (primary N) is 1. The van der Waals surface area contributed by atoms with E-state index in [2.05, 4.69) is 5.32 Å². The summed E-state index contributed by atoms with van der Waals surface area (Å²) in [4.78, 5) is 0. The number of nitrogens with one attached hydrogen (secondary N) is 1. The Kier molecular flexibility index (Phi) is 3.94. The summed E-state index contributed by atoms with van der Waals surface area (Å²) in [7, 11) is 0. The van der Waals surface area contributed by atoms with E-state index in [-0.39, 0.29) is 5.82 Å². The molecule has 2 aromatic rings. The molecular formula is C13H11Cl2FN2. The Labute approximate surface area is 115 Å². The van der Waals surface area contributed by atoms with Gasteiger partial charge in [-0.25, -0.2) is 4.39 Å². The van der Waals surface area contributed by atoms with Crippen LogP contribution in [0.15, 0.2) is 36.4 Å². The highest BCUT2D eigenvalue weighted by Gasteiger charge is 2.04. The van der Waals surface area contributed by atoms with Gasteiger partial charge in [-0.3, -0.25) is 0 Å². The molecule has 0 bridgehead atoms. The average Bonchev–Trinajstić information content (AvgIpc) is 2.32. The lowest BCUT2D eigenvalue weighted by molar-refractivity contribution is 0.613. The molecule has 0 radical (unpaired) electrons. The summed E-state index contributed by atoms with van der Waals surface area (Å²) in [5, 5.41) is 3.98. The quantitative estimate of drug-likeness (QED) is 0.824. The number of nitrogen functional groups attached to an aromatic ring is 1. The SMILES string of the molecule is Nc1ccc(Cl)cc1NCc1ccc(Cl)cc1F. The first-order valence-electron chi connectivity index (χ1n) is 5.29. The van der Waals surface area contributed by atoms with Crippen molar-refractivity contribution in [1.29, 1.82) is 0 Å². The summed E-state index contributed by atoms with van der Waals surface area (Å²) in [6.07, 6.45) is 0. The predicted molar refractivity (Wildman–Crippen MR) is 74.6 cm³/mol. The third kappa shape index (κ3) is 3.06. The maximum Gasteiger partial charge on any atom is 0.129 e. The van der Waals surface area contributed by atoms with E-state index >= 15 is 0 Å². The number of rotatable bonds is 3. The summed E-state index contributed by atoms with van der Waals surface area (Å²) in [6.45, 7) is 0.313. The van der Waals surface area contributed by atoms with Gasteiger partial charge in [-0.1, -0.05) is 29.3 Å². The Hall–Kier alpha value is -1.45. The lowest BCUT2D eigenvalue weighted by Crippen LogP contribution is -2.04. The summed E-state index contributed by atoms with van der Waals surface area (Å²) in [5.41, 5.74) is 7.53. The van der Waals surface area contributed by atoms with E-state index < -0.39 is 0 Å². The summed E-state index contributed by atoms with van der Waals surface area (Å²) < 4.78 is 13.6. The lowest BCUT2D eigenvalue weighted by atomic mass is 10.2. The standard InChI is InChI=1S/C13H11Cl2FN2/c14-9-2-1-8(11(16)5-9)7-18-13-6-10(15)3-4-12(13)17/h1-6,18H,7,17H2. The Morgan fingerprint density at radius 3 is 2.44 bits per heavy atom. The zero-order chi connectivity index (χ0) is 13.1. The van der Waals surface area contributed by atoms with Gasteiger partial charge in [0.05, 0.1) is 11.4 Å². The van der Waals surface area contributed by atoms with Crippen LogP contribution in [0.1, 0.15) is 5.56 Å². The van der Waals surface area contributed by atoms with Gasteiger partial charge in [0, 0.05) is 22.2 Å². The molecule has 0 spiro atoms. The van der Waals surface area contributed by atoms with Gasteiger partial charge in [-0.15, -0.1) is 0 Å². The van der Waals surface area contributed by atoms with Crippen LogP contribution in [0.5, 0.6) is 0 Å². The minimum absolute atomic E-state index is 0.313. The van der Waals surface area contributed by atoms with Crippen molar-refractivity contribution in [2.24, 2.45) is 0 Å². The highest BCUT2D eigenvalue weighted by atomic mass is 35.5. The molecule has 0 aliphatic carbocycles. The van der Waals surface area contributed by atoms with E-state index in [0.717, 1.165) is 0 Å². The number of hydrogen-bond acceptors (Lipinski definition) is 2. The van der Waals surface area contributed by atoms with Crippen molar-refractivity contribution in [2.75, 3.05) is 11.1 Å². The Morgan fingerprint density at radius 2 is 1.72 bits per heavy atom. The molecule has 2 aromatic carbocycles. The molecule has 0 saturated carbocycles. The van der Waals surface area contributed by atoms with Crippen LogP contribution < -0.4 is 11.1 Å². The van der Waals surface area contributed by atoms with Crippen LogP contribution in [0, 0.1) is 5.82 Å². The second-order valence-electron chi connectivity index (χ2n) is 3.82. The minimum atomic E-state index is -0.351. The molecule has 0 aliphatic rings. The number of halogens is 3. The topological polar surface area (TPSA) is 38.0 Å². The van der Waals surface area contributed by atoms with Crippen LogP contribution in [0.3, 0.4) is 0 Å². The van der Waals surface area contributed by atoms with Gasteiger partial charge in [0.2, 0.25) is 0 Å². The summed E-state index contributed by atoms with van der Waals surface area (Å²) in [6, 6.07) is 9.65. The first-order chi connectivity index (χ1) is 8.56. The molecule has 2 rings (SSSR count). The predicted octanol–water partition coefficient (Wildman–Crippen LogP) is 4.33. The Balaban J connectivity index is 2.13. The van der Waals surface area contributed by atoms with E-state index in [4.69, 9.17) is 28.9 Å². The first-order valence-corrected chi connectivity index (χ1v) is 6.04. The van der Waals surface area contributed by atoms with Crippen LogP contribution in [-0.2, 0) is 6.54 Å². The zero-order valence-electron chi connectivity index (χ0n) is 9.38. The van der Waals surface area contributed by atoms with E-state index in [1.54, 1.807) is 30.3 Å². The monoisotopic (exact) mass is 284 g/mol. The molecule has 2 nitrogen and oxygen atoms in total. The molecule has 0 unspecified atom stereocenters. The summed E-state index contributed by atoms with van der Waals surface area (Å²) in [5.74, 6) is -0.351. The van der Waals surface area contributed by atoms with Gasteiger partial charge in [0.25, 0.3) is 0 Å². The van der Waals surface area contributed by atoms with E-state index in [1.807, 2.05) is 0 Å². The van der Waals surface area contributed by atoms with E-state index in [9.17, 15) is 4.39 Å². The van der Waals surface area contributed by atoms with Crippen molar-refractivity contribution in [2.45, 2.75) is 6.54 Å². The second-order valence-corrected chi connectivity index (χ2v) is 4.69. The van der Waals surface area contributed by atoms with Crippen molar-refractivity contribution in [3.8, 4) is 0 Å². The molecule has 0 fully saturated rings. The van der Waals surface area contributed by atoms with Gasteiger partial charge < -0.3 is 11.1 Å². The number of hydrogen-bond donors (Lipinski definition) is 2. The summed E-state index contributed by atoms with van der Waals surface area (Å²) >= 11 is 11.5. The highest BCUT2D eigenvalue weighted by molar-refractivity contribution is 6.31. The van der Waals surface area contributed by atoms with Gasteiger partial charge in [0.15, 0.2) is 0 Å². The van der Waals surface area contributed by atoms with Gasteiger partial charge in [0.1, 0.15) is 5.82 Å². The van der Waals surface area contributed by atoms with Crippen molar-refractivity contribution in [3.63, 3.8) is 0 Å². The fourth-order valence-electron chi connectivity index (χ4n) is 1.54. The first kappa shape index (κ1) is 13.0. The van der Waals surface area contributed by atoms with Gasteiger partial charge in [-0.2, -0.15) is 0 Å². The molecule has 3 N–H and O–H groups in total. The largest absolute Gasteiger partial charge is 0.397 e. The van der Waals surface area contributed by atoms with Crippen LogP contribution >= 0.6 is 23.2 Å². The Morgan fingerprint density at radius 1 is 1.06 bits per heavy atom. The second kappa shape index (κ2) is 5.46. The van der Waals surface area contributed by atoms with Gasteiger partial charge >= 0.3 is 0 Å². The van der Waals surface area contributed by atoms with Crippen molar-refractivity contribution < 1.29 is 4.39 Å². The number of anilines is 2. The zero-order valence-corrected chi connectivity index (χ0v) is 10.9. The highest BCUT2D eigenvalue weighted by Crippen LogP contribution is 2.24. The van der Waals surface area contributed by atoms with Crippen molar-refractivity contribution in [1.82, 2.24) is 0 Å². The molecule has 0 aromatic heterocycles. The van der Waals surface area contributed by atoms with E-state index in [0.29, 0.717) is 33.5 Å². The third-order valence-electron chi connectivity index (χ3n) is 2.50. The molecule has 18 heavy (non-hydrogen) atoms. The molecule has 0 atom stereocenters. The fourth-order valence-corrected chi connectivity index (χ4v) is 1.87. The molecule has 0 saturated heterocycles. The smallest absolute Gasteiger partial charge is 0.129 e. The minimum Gasteiger partial charge on any atom is -0.397 e. The van der Waals surface area contributed by atoms with Crippen molar-refractivity contribution >= 4 is 34.6 Å². The fraction of sp³-hybridized carbons (Fsp3) is 0.0769. The van der Waals surface area contributed by atoms with Crippen LogP contribution in [0.4, 0.5) is 15.8 Å². The average molecular weight is 285 g/mol. The molecule has 5 heteroatoms. The lowest BCUT2D eigenvalue weighted by Gasteiger charge is -2.10. The van der Waals surface area contributed by atoms with Gasteiger partial charge in [-0.05, 0) is 30.3 Å². The molecule has 0 heterocycles. The Bertz CT molecular complexity index is 573. The van der Waals surface area contributed by atoms with Crippen molar-refractivity contribution in [3.05, 3.63) is 57.8 Å². The maximum absolute atomic E-state index is 13.6.